The molecule has 1 N–H and O–H groups in total. The van der Waals surface area contributed by atoms with Gasteiger partial charge in [-0.1, -0.05) is 18.2 Å². The van der Waals surface area contributed by atoms with E-state index in [1.807, 2.05) is 24.3 Å². The van der Waals surface area contributed by atoms with Crippen LogP contribution in [0, 0.1) is 0 Å². The van der Waals surface area contributed by atoms with Gasteiger partial charge in [0.25, 0.3) is 5.91 Å². The third-order valence-corrected chi connectivity index (χ3v) is 3.39. The van der Waals surface area contributed by atoms with E-state index in [4.69, 9.17) is 4.74 Å². The molecule has 1 amide bonds. The third kappa shape index (κ3) is 2.58. The van der Waals surface area contributed by atoms with Crippen LogP contribution in [0.3, 0.4) is 0 Å². The molecular formula is C15H16N2O2. The lowest BCUT2D eigenvalue weighted by molar-refractivity contribution is 0.0859. The van der Waals surface area contributed by atoms with Gasteiger partial charge in [-0.05, 0) is 25.0 Å². The lowest BCUT2D eigenvalue weighted by atomic mass is 10.1. The molecular weight excluding hydrogens is 240 g/mol. The van der Waals surface area contributed by atoms with Crippen molar-refractivity contribution in [2.45, 2.75) is 18.9 Å². The van der Waals surface area contributed by atoms with Gasteiger partial charge in [0, 0.05) is 24.7 Å². The number of nitrogens with zero attached hydrogens (tertiary/aromatic N) is 1. The molecule has 1 atom stereocenters. The van der Waals surface area contributed by atoms with Gasteiger partial charge in [0.2, 0.25) is 0 Å². The standard InChI is InChI=1S/C15H16N2O2/c18-15(17-10-12-6-3-9-19-12)13-7-1-4-11-5-2-8-16-14(11)13/h1-2,4-5,7-8,12H,3,6,9-10H2,(H,17,18). The van der Waals surface area contributed by atoms with E-state index in [1.165, 1.54) is 0 Å². The highest BCUT2D eigenvalue weighted by atomic mass is 16.5. The van der Waals surface area contributed by atoms with Crippen LogP contribution in [0.1, 0.15) is 23.2 Å². The van der Waals surface area contributed by atoms with Crippen molar-refractivity contribution in [2.24, 2.45) is 0 Å². The van der Waals surface area contributed by atoms with Gasteiger partial charge in [-0.25, -0.2) is 0 Å². The average molecular weight is 256 g/mol. The van der Waals surface area contributed by atoms with Crippen LogP contribution < -0.4 is 5.32 Å². The first kappa shape index (κ1) is 12.1. The van der Waals surface area contributed by atoms with Crippen molar-refractivity contribution in [2.75, 3.05) is 13.2 Å². The zero-order valence-electron chi connectivity index (χ0n) is 10.6. The maximum absolute atomic E-state index is 12.2. The number of carbonyl (C=O) groups is 1. The molecule has 19 heavy (non-hydrogen) atoms. The summed E-state index contributed by atoms with van der Waals surface area (Å²) >= 11 is 0. The molecule has 0 radical (unpaired) electrons. The molecule has 4 heteroatoms. The molecule has 2 aromatic rings. The largest absolute Gasteiger partial charge is 0.376 e. The molecule has 1 unspecified atom stereocenters. The smallest absolute Gasteiger partial charge is 0.253 e. The number of pyridine rings is 1. The minimum atomic E-state index is -0.0835. The van der Waals surface area contributed by atoms with Gasteiger partial charge in [0.15, 0.2) is 0 Å². The molecule has 98 valence electrons. The molecule has 1 aromatic heterocycles. The Morgan fingerprint density at radius 3 is 3.11 bits per heavy atom. The average Bonchev–Trinajstić information content (AvgIpc) is 2.97. The Balaban J connectivity index is 1.77. The third-order valence-electron chi connectivity index (χ3n) is 3.39. The van der Waals surface area contributed by atoms with Crippen molar-refractivity contribution < 1.29 is 9.53 Å². The zero-order valence-corrected chi connectivity index (χ0v) is 10.6. The van der Waals surface area contributed by atoms with Crippen molar-refractivity contribution >= 4 is 16.8 Å². The number of fused-ring (bicyclic) bond motifs is 1. The number of hydrogen-bond acceptors (Lipinski definition) is 3. The maximum Gasteiger partial charge on any atom is 0.253 e. The Morgan fingerprint density at radius 2 is 2.26 bits per heavy atom. The number of hydrogen-bond donors (Lipinski definition) is 1. The Kier molecular flexibility index (Phi) is 3.42. The number of rotatable bonds is 3. The van der Waals surface area contributed by atoms with Gasteiger partial charge >= 0.3 is 0 Å². The SMILES string of the molecule is O=C(NCC1CCCO1)c1cccc2cccnc12. The van der Waals surface area contributed by atoms with E-state index >= 15 is 0 Å². The fourth-order valence-corrected chi connectivity index (χ4v) is 2.39. The molecule has 0 bridgehead atoms. The number of ether oxygens (including phenoxy) is 1. The maximum atomic E-state index is 12.2. The van der Waals surface area contributed by atoms with E-state index in [0.29, 0.717) is 12.1 Å². The number of benzene rings is 1. The highest BCUT2D eigenvalue weighted by Gasteiger charge is 2.17. The summed E-state index contributed by atoms with van der Waals surface area (Å²) in [7, 11) is 0. The summed E-state index contributed by atoms with van der Waals surface area (Å²) in [6.45, 7) is 1.37. The van der Waals surface area contributed by atoms with Gasteiger partial charge in [-0.3, -0.25) is 9.78 Å². The van der Waals surface area contributed by atoms with Crippen LogP contribution in [0.15, 0.2) is 36.5 Å². The van der Waals surface area contributed by atoms with Crippen LogP contribution in [-0.2, 0) is 4.74 Å². The summed E-state index contributed by atoms with van der Waals surface area (Å²) in [5.74, 6) is -0.0835. The summed E-state index contributed by atoms with van der Waals surface area (Å²) in [5, 5.41) is 3.91. The second kappa shape index (κ2) is 5.36. The topological polar surface area (TPSA) is 51.2 Å². The van der Waals surface area contributed by atoms with Crippen molar-refractivity contribution in [1.82, 2.24) is 10.3 Å². The molecule has 1 aliphatic rings. The summed E-state index contributed by atoms with van der Waals surface area (Å²) in [5.41, 5.74) is 1.37. The summed E-state index contributed by atoms with van der Waals surface area (Å²) < 4.78 is 5.50. The van der Waals surface area contributed by atoms with Gasteiger partial charge in [-0.2, -0.15) is 0 Å². The van der Waals surface area contributed by atoms with Gasteiger partial charge in [0.05, 0.1) is 17.2 Å². The molecule has 1 fully saturated rings. The number of carbonyl (C=O) groups excluding carboxylic acids is 1. The van der Waals surface area contributed by atoms with E-state index < -0.39 is 0 Å². The molecule has 0 spiro atoms. The van der Waals surface area contributed by atoms with Crippen molar-refractivity contribution in [3.8, 4) is 0 Å². The minimum absolute atomic E-state index is 0.0835. The second-order valence-corrected chi connectivity index (χ2v) is 4.73. The normalized spacial score (nSPS) is 18.6. The lowest BCUT2D eigenvalue weighted by Gasteiger charge is -2.11. The predicted molar refractivity (Wildman–Crippen MR) is 73.1 cm³/mol. The highest BCUT2D eigenvalue weighted by Crippen LogP contribution is 2.16. The van der Waals surface area contributed by atoms with Crippen LogP contribution >= 0.6 is 0 Å². The number of para-hydroxylation sites is 1. The van der Waals surface area contributed by atoms with Gasteiger partial charge in [0.1, 0.15) is 0 Å². The lowest BCUT2D eigenvalue weighted by Crippen LogP contribution is -2.31. The van der Waals surface area contributed by atoms with Crippen molar-refractivity contribution in [1.29, 1.82) is 0 Å². The van der Waals surface area contributed by atoms with Crippen molar-refractivity contribution in [3.05, 3.63) is 42.1 Å². The molecule has 1 aromatic carbocycles. The Morgan fingerprint density at radius 1 is 1.37 bits per heavy atom. The van der Waals surface area contributed by atoms with Crippen LogP contribution in [0.2, 0.25) is 0 Å². The Bertz CT molecular complexity index is 586. The first-order valence-electron chi connectivity index (χ1n) is 6.58. The van der Waals surface area contributed by atoms with Crippen LogP contribution in [0.25, 0.3) is 10.9 Å². The van der Waals surface area contributed by atoms with Crippen LogP contribution in [0.5, 0.6) is 0 Å². The Hall–Kier alpha value is -1.94. The zero-order chi connectivity index (χ0) is 13.1. The second-order valence-electron chi connectivity index (χ2n) is 4.73. The minimum Gasteiger partial charge on any atom is -0.376 e. The summed E-state index contributed by atoms with van der Waals surface area (Å²) in [6, 6.07) is 9.47. The van der Waals surface area contributed by atoms with E-state index in [2.05, 4.69) is 10.3 Å². The van der Waals surface area contributed by atoms with Crippen LogP contribution in [0.4, 0.5) is 0 Å². The monoisotopic (exact) mass is 256 g/mol. The van der Waals surface area contributed by atoms with E-state index in [-0.39, 0.29) is 12.0 Å². The quantitative estimate of drug-likeness (QED) is 0.915. The van der Waals surface area contributed by atoms with E-state index in [0.717, 1.165) is 30.4 Å². The number of amides is 1. The van der Waals surface area contributed by atoms with Gasteiger partial charge < -0.3 is 10.1 Å². The number of nitrogens with one attached hydrogen (secondary N) is 1. The van der Waals surface area contributed by atoms with E-state index in [1.54, 1.807) is 12.3 Å². The Labute approximate surface area is 111 Å². The fourth-order valence-electron chi connectivity index (χ4n) is 2.39. The first-order valence-corrected chi connectivity index (χ1v) is 6.58. The molecule has 0 saturated carbocycles. The van der Waals surface area contributed by atoms with Gasteiger partial charge in [-0.15, -0.1) is 0 Å². The summed E-state index contributed by atoms with van der Waals surface area (Å²) in [6.07, 6.45) is 3.97. The first-order chi connectivity index (χ1) is 9.34. The van der Waals surface area contributed by atoms with Crippen LogP contribution in [-0.4, -0.2) is 30.1 Å². The fraction of sp³-hybridized carbons (Fsp3) is 0.333. The van der Waals surface area contributed by atoms with E-state index in [9.17, 15) is 4.79 Å². The van der Waals surface area contributed by atoms with Crippen molar-refractivity contribution in [3.63, 3.8) is 0 Å². The molecule has 4 nitrogen and oxygen atoms in total. The molecule has 3 rings (SSSR count). The molecule has 2 heterocycles. The predicted octanol–water partition coefficient (Wildman–Crippen LogP) is 2.14. The molecule has 0 aliphatic carbocycles. The molecule has 1 saturated heterocycles. The molecule has 1 aliphatic heterocycles. The highest BCUT2D eigenvalue weighted by molar-refractivity contribution is 6.05. The summed E-state index contributed by atoms with van der Waals surface area (Å²) in [4.78, 5) is 16.5. The number of aromatic nitrogens is 1.